The molecule has 1 aromatic heterocycles. The first-order valence-corrected chi connectivity index (χ1v) is 4.69. The summed E-state index contributed by atoms with van der Waals surface area (Å²) in [4.78, 5) is 8.06. The van der Waals surface area contributed by atoms with Gasteiger partial charge in [0, 0.05) is 10.8 Å². The molecule has 2 heterocycles. The quantitative estimate of drug-likeness (QED) is 0.581. The van der Waals surface area contributed by atoms with Crippen molar-refractivity contribution in [3.05, 3.63) is 17.0 Å². The lowest BCUT2D eigenvalue weighted by molar-refractivity contribution is 0.919. The van der Waals surface area contributed by atoms with Crippen molar-refractivity contribution in [3.8, 4) is 0 Å². The predicted octanol–water partition coefficient (Wildman–Crippen LogP) is 2.17. The summed E-state index contributed by atoms with van der Waals surface area (Å²) in [5.74, 6) is 0. The summed E-state index contributed by atoms with van der Waals surface area (Å²) in [6.45, 7) is 2.17. The molecule has 2 rings (SSSR count). The third-order valence-electron chi connectivity index (χ3n) is 1.66. The van der Waals surface area contributed by atoms with E-state index < -0.39 is 0 Å². The Balaban J connectivity index is 2.49. The standard InChI is InChI=1S/C7H7ClN2S/c1-4-2-5-6(8)9-3-10-7(5)11-4/h3-4H,2H2,1H3. The van der Waals surface area contributed by atoms with Crippen LogP contribution in [0.1, 0.15) is 12.5 Å². The zero-order chi connectivity index (χ0) is 7.84. The third-order valence-corrected chi connectivity index (χ3v) is 3.13. The molecule has 1 unspecified atom stereocenters. The van der Waals surface area contributed by atoms with Crippen LogP contribution in [0.5, 0.6) is 0 Å². The van der Waals surface area contributed by atoms with E-state index in [2.05, 4.69) is 16.9 Å². The van der Waals surface area contributed by atoms with Gasteiger partial charge in [0.05, 0.1) is 0 Å². The predicted molar refractivity (Wildman–Crippen MR) is 46.1 cm³/mol. The highest BCUT2D eigenvalue weighted by molar-refractivity contribution is 8.00. The van der Waals surface area contributed by atoms with E-state index in [4.69, 9.17) is 11.6 Å². The highest BCUT2D eigenvalue weighted by atomic mass is 35.5. The van der Waals surface area contributed by atoms with Gasteiger partial charge in [-0.3, -0.25) is 0 Å². The van der Waals surface area contributed by atoms with Gasteiger partial charge in [0.25, 0.3) is 0 Å². The fraction of sp³-hybridized carbons (Fsp3) is 0.429. The van der Waals surface area contributed by atoms with Crippen LogP contribution in [0.25, 0.3) is 0 Å². The van der Waals surface area contributed by atoms with E-state index >= 15 is 0 Å². The lowest BCUT2D eigenvalue weighted by atomic mass is 10.2. The fourth-order valence-electron chi connectivity index (χ4n) is 1.17. The van der Waals surface area contributed by atoms with Gasteiger partial charge in [-0.15, -0.1) is 11.8 Å². The molecule has 2 nitrogen and oxygen atoms in total. The average Bonchev–Trinajstić information content (AvgIpc) is 2.31. The number of aromatic nitrogens is 2. The van der Waals surface area contributed by atoms with Crippen molar-refractivity contribution in [1.29, 1.82) is 0 Å². The third kappa shape index (κ3) is 1.23. The Labute approximate surface area is 74.4 Å². The minimum Gasteiger partial charge on any atom is -0.230 e. The minimum atomic E-state index is 0.596. The topological polar surface area (TPSA) is 25.8 Å². The summed E-state index contributed by atoms with van der Waals surface area (Å²) >= 11 is 7.64. The summed E-state index contributed by atoms with van der Waals surface area (Å²) in [5, 5.41) is 2.27. The Morgan fingerprint density at radius 1 is 1.64 bits per heavy atom. The molecule has 0 aliphatic carbocycles. The summed E-state index contributed by atoms with van der Waals surface area (Å²) < 4.78 is 0. The van der Waals surface area contributed by atoms with Crippen molar-refractivity contribution >= 4 is 23.4 Å². The molecule has 0 aromatic carbocycles. The van der Waals surface area contributed by atoms with Gasteiger partial charge in [-0.2, -0.15) is 0 Å². The van der Waals surface area contributed by atoms with Crippen LogP contribution in [-0.2, 0) is 6.42 Å². The molecule has 1 aliphatic rings. The average molecular weight is 187 g/mol. The van der Waals surface area contributed by atoms with Crippen LogP contribution in [-0.4, -0.2) is 15.2 Å². The number of hydrogen-bond donors (Lipinski definition) is 0. The molecule has 0 amide bonds. The number of thioether (sulfide) groups is 1. The zero-order valence-corrected chi connectivity index (χ0v) is 7.61. The minimum absolute atomic E-state index is 0.596. The maximum atomic E-state index is 5.87. The molecule has 0 spiro atoms. The number of rotatable bonds is 0. The van der Waals surface area contributed by atoms with Crippen molar-refractivity contribution in [2.75, 3.05) is 0 Å². The van der Waals surface area contributed by atoms with E-state index in [9.17, 15) is 0 Å². The first-order chi connectivity index (χ1) is 5.27. The van der Waals surface area contributed by atoms with Gasteiger partial charge in [0.15, 0.2) is 0 Å². The van der Waals surface area contributed by atoms with Crippen LogP contribution in [0, 0.1) is 0 Å². The second-order valence-corrected chi connectivity index (χ2v) is 4.37. The smallest absolute Gasteiger partial charge is 0.136 e. The van der Waals surface area contributed by atoms with Crippen molar-refractivity contribution in [2.24, 2.45) is 0 Å². The number of halogens is 1. The summed E-state index contributed by atoms with van der Waals surface area (Å²) in [6.07, 6.45) is 2.52. The van der Waals surface area contributed by atoms with Crippen LogP contribution in [0.3, 0.4) is 0 Å². The second kappa shape index (κ2) is 2.64. The Morgan fingerprint density at radius 3 is 3.18 bits per heavy atom. The van der Waals surface area contributed by atoms with E-state index in [1.165, 1.54) is 6.33 Å². The summed E-state index contributed by atoms with van der Waals surface area (Å²) in [6, 6.07) is 0. The first-order valence-electron chi connectivity index (χ1n) is 3.43. The van der Waals surface area contributed by atoms with Crippen molar-refractivity contribution in [1.82, 2.24) is 9.97 Å². The van der Waals surface area contributed by atoms with Gasteiger partial charge in [0.1, 0.15) is 16.5 Å². The van der Waals surface area contributed by atoms with Crippen molar-refractivity contribution in [3.63, 3.8) is 0 Å². The zero-order valence-electron chi connectivity index (χ0n) is 6.04. The van der Waals surface area contributed by atoms with E-state index in [1.807, 2.05) is 0 Å². The van der Waals surface area contributed by atoms with E-state index in [0.29, 0.717) is 10.4 Å². The molecule has 58 valence electrons. The van der Waals surface area contributed by atoms with E-state index in [1.54, 1.807) is 11.8 Å². The lowest BCUT2D eigenvalue weighted by Crippen LogP contribution is -1.93. The van der Waals surface area contributed by atoms with Crippen LogP contribution in [0.4, 0.5) is 0 Å². The van der Waals surface area contributed by atoms with Crippen LogP contribution in [0.15, 0.2) is 11.4 Å². The molecule has 1 aromatic rings. The van der Waals surface area contributed by atoms with Crippen molar-refractivity contribution in [2.45, 2.75) is 23.6 Å². The Bertz CT molecular complexity index is 290. The highest BCUT2D eigenvalue weighted by Gasteiger charge is 2.22. The lowest BCUT2D eigenvalue weighted by Gasteiger charge is -1.95. The number of nitrogens with zero attached hydrogens (tertiary/aromatic N) is 2. The molecule has 0 saturated heterocycles. The van der Waals surface area contributed by atoms with Crippen LogP contribution < -0.4 is 0 Å². The summed E-state index contributed by atoms with van der Waals surface area (Å²) in [5.41, 5.74) is 1.12. The largest absolute Gasteiger partial charge is 0.230 e. The van der Waals surface area contributed by atoms with Gasteiger partial charge >= 0.3 is 0 Å². The Morgan fingerprint density at radius 2 is 2.45 bits per heavy atom. The molecule has 4 heteroatoms. The maximum Gasteiger partial charge on any atom is 0.136 e. The Hall–Kier alpha value is -0.280. The molecule has 0 saturated carbocycles. The van der Waals surface area contributed by atoms with Crippen molar-refractivity contribution < 1.29 is 0 Å². The molecule has 0 N–H and O–H groups in total. The maximum absolute atomic E-state index is 5.87. The molecular weight excluding hydrogens is 180 g/mol. The molecular formula is C7H7ClN2S. The molecule has 1 atom stereocenters. The van der Waals surface area contributed by atoms with Gasteiger partial charge < -0.3 is 0 Å². The van der Waals surface area contributed by atoms with Gasteiger partial charge in [-0.1, -0.05) is 18.5 Å². The van der Waals surface area contributed by atoms with Gasteiger partial charge in [0.2, 0.25) is 0 Å². The van der Waals surface area contributed by atoms with Crippen LogP contribution in [0.2, 0.25) is 5.15 Å². The van der Waals surface area contributed by atoms with Gasteiger partial charge in [-0.05, 0) is 6.42 Å². The number of hydrogen-bond acceptors (Lipinski definition) is 3. The number of fused-ring (bicyclic) bond motifs is 1. The Kier molecular flexibility index (Phi) is 1.77. The fourth-order valence-corrected chi connectivity index (χ4v) is 2.50. The second-order valence-electron chi connectivity index (χ2n) is 2.58. The SMILES string of the molecule is CC1Cc2c(Cl)ncnc2S1. The summed E-state index contributed by atoms with van der Waals surface area (Å²) in [7, 11) is 0. The molecule has 11 heavy (non-hydrogen) atoms. The van der Waals surface area contributed by atoms with Gasteiger partial charge in [-0.25, -0.2) is 9.97 Å². The first kappa shape index (κ1) is 7.37. The molecule has 0 bridgehead atoms. The normalized spacial score (nSPS) is 21.8. The molecule has 0 fully saturated rings. The van der Waals surface area contributed by atoms with E-state index in [0.717, 1.165) is 17.0 Å². The monoisotopic (exact) mass is 186 g/mol. The highest BCUT2D eigenvalue weighted by Crippen LogP contribution is 2.37. The van der Waals surface area contributed by atoms with E-state index in [-0.39, 0.29) is 0 Å². The van der Waals surface area contributed by atoms with Crippen LogP contribution >= 0.6 is 23.4 Å². The molecule has 1 aliphatic heterocycles. The molecule has 0 radical (unpaired) electrons.